The average Bonchev–Trinajstić information content (AvgIpc) is 3.49. The molecule has 10 nitrogen and oxygen atoms in total. The van der Waals surface area contributed by atoms with Gasteiger partial charge in [-0.3, -0.25) is 19.4 Å². The zero-order valence-electron chi connectivity index (χ0n) is 21.8. The number of nitrogens with zero attached hydrogens (tertiary/aromatic N) is 6. The molecule has 0 radical (unpaired) electrons. The first-order chi connectivity index (χ1) is 19.4. The quantitative estimate of drug-likeness (QED) is 0.275. The van der Waals surface area contributed by atoms with Crippen LogP contribution < -0.4 is 5.32 Å². The maximum atomic E-state index is 14.4. The molecule has 212 valence electrons. The Hall–Kier alpha value is -4.75. The summed E-state index contributed by atoms with van der Waals surface area (Å²) in [6.07, 6.45) is -0.354. The number of carbonyl (C=O) groups excluding carboxylic acids is 3. The lowest BCUT2D eigenvalue weighted by Crippen LogP contribution is -2.44. The fourth-order valence-electron chi connectivity index (χ4n) is 4.75. The predicted octanol–water partition coefficient (Wildman–Crippen LogP) is 4.00. The van der Waals surface area contributed by atoms with E-state index in [1.165, 1.54) is 13.1 Å². The first-order valence-electron chi connectivity index (χ1n) is 12.5. The third-order valence-corrected chi connectivity index (χ3v) is 6.73. The number of nitrogens with one attached hydrogen (secondary N) is 1. The number of aryl methyl sites for hydroxylation is 1. The van der Waals surface area contributed by atoms with Crippen LogP contribution in [-0.4, -0.2) is 65.8 Å². The fourth-order valence-corrected chi connectivity index (χ4v) is 4.75. The van der Waals surface area contributed by atoms with E-state index < -0.39 is 41.7 Å². The van der Waals surface area contributed by atoms with E-state index in [0.29, 0.717) is 28.5 Å². The highest BCUT2D eigenvalue weighted by Crippen LogP contribution is 2.30. The lowest BCUT2D eigenvalue weighted by molar-refractivity contribution is -0.141. The third kappa shape index (κ3) is 5.76. The number of Topliss-reactive ketones (excluding diaryl/α,β-unsaturated/α-hetero) is 1. The highest BCUT2D eigenvalue weighted by atomic mass is 19.4. The molecule has 4 aromatic rings. The van der Waals surface area contributed by atoms with Crippen LogP contribution in [0.1, 0.15) is 35.2 Å². The van der Waals surface area contributed by atoms with Crippen LogP contribution in [0, 0.1) is 6.92 Å². The Balaban J connectivity index is 1.39. The maximum Gasteiger partial charge on any atom is 0.434 e. The minimum Gasteiger partial charge on any atom is -0.337 e. The van der Waals surface area contributed by atoms with Gasteiger partial charge in [0, 0.05) is 47.0 Å². The number of carbonyl (C=O) groups is 3. The fraction of sp³-hybridized carbons (Fsp3) is 0.296. The number of benzene rings is 1. The normalized spacial score (nSPS) is 17.2. The predicted molar refractivity (Wildman–Crippen MR) is 138 cm³/mol. The number of alkyl halides is 4. The topological polar surface area (TPSA) is 123 Å². The van der Waals surface area contributed by atoms with E-state index in [2.05, 4.69) is 25.3 Å². The molecule has 0 unspecified atom stereocenters. The molecule has 0 saturated carbocycles. The summed E-state index contributed by atoms with van der Waals surface area (Å²) in [7, 11) is 0. The van der Waals surface area contributed by atoms with E-state index in [9.17, 15) is 31.9 Å². The number of aromatic nitrogens is 5. The van der Waals surface area contributed by atoms with Gasteiger partial charge in [0.1, 0.15) is 24.6 Å². The Bertz CT molecular complexity index is 1650. The number of hydrogen-bond acceptors (Lipinski definition) is 7. The summed E-state index contributed by atoms with van der Waals surface area (Å²) in [5.41, 5.74) is 1.12. The number of anilines is 1. The zero-order valence-corrected chi connectivity index (χ0v) is 21.8. The van der Waals surface area contributed by atoms with Crippen LogP contribution >= 0.6 is 0 Å². The van der Waals surface area contributed by atoms with E-state index >= 15 is 0 Å². The van der Waals surface area contributed by atoms with Crippen LogP contribution in [0.3, 0.4) is 0 Å². The van der Waals surface area contributed by atoms with Crippen molar-refractivity contribution in [3.8, 4) is 11.1 Å². The van der Waals surface area contributed by atoms with Gasteiger partial charge >= 0.3 is 6.18 Å². The number of likely N-dealkylation sites (tertiary alicyclic amines) is 1. The van der Waals surface area contributed by atoms with Gasteiger partial charge in [0.25, 0.3) is 0 Å². The number of fused-ring (bicyclic) bond motifs is 1. The molecule has 2 atom stereocenters. The van der Waals surface area contributed by atoms with Gasteiger partial charge in [0.2, 0.25) is 11.8 Å². The maximum absolute atomic E-state index is 14.4. The van der Waals surface area contributed by atoms with Gasteiger partial charge < -0.3 is 14.8 Å². The molecule has 4 heterocycles. The number of ketones is 1. The van der Waals surface area contributed by atoms with E-state index in [0.717, 1.165) is 22.2 Å². The summed E-state index contributed by atoms with van der Waals surface area (Å²) in [5.74, 6) is -1.60. The molecule has 2 amide bonds. The molecule has 1 saturated heterocycles. The van der Waals surface area contributed by atoms with E-state index in [1.54, 1.807) is 42.1 Å². The van der Waals surface area contributed by atoms with Crippen LogP contribution in [0.4, 0.5) is 23.4 Å². The molecule has 1 aromatic carbocycles. The van der Waals surface area contributed by atoms with Crippen molar-refractivity contribution in [1.29, 1.82) is 0 Å². The van der Waals surface area contributed by atoms with Gasteiger partial charge in [-0.05, 0) is 31.5 Å². The molecule has 1 aliphatic heterocycles. The van der Waals surface area contributed by atoms with Crippen molar-refractivity contribution < 1.29 is 31.9 Å². The summed E-state index contributed by atoms with van der Waals surface area (Å²) in [6.45, 7) is 2.48. The Kier molecular flexibility index (Phi) is 7.24. The number of hydrogen-bond donors (Lipinski definition) is 1. The summed E-state index contributed by atoms with van der Waals surface area (Å²) in [5, 5.41) is 2.79. The molecular formula is C27H23F4N7O3. The average molecular weight is 570 g/mol. The van der Waals surface area contributed by atoms with Crippen molar-refractivity contribution >= 4 is 34.3 Å². The molecule has 0 spiro atoms. The molecule has 14 heteroatoms. The molecule has 1 N–H and O–H groups in total. The van der Waals surface area contributed by atoms with Gasteiger partial charge in [0.15, 0.2) is 17.3 Å². The number of halogens is 4. The van der Waals surface area contributed by atoms with Gasteiger partial charge in [-0.1, -0.05) is 6.07 Å². The van der Waals surface area contributed by atoms with Crippen LogP contribution in [-0.2, 0) is 22.3 Å². The smallest absolute Gasteiger partial charge is 0.337 e. The lowest BCUT2D eigenvalue weighted by atomic mass is 10.0. The Morgan fingerprint density at radius 2 is 1.80 bits per heavy atom. The van der Waals surface area contributed by atoms with Gasteiger partial charge in [0.05, 0.1) is 18.9 Å². The Morgan fingerprint density at radius 1 is 1.07 bits per heavy atom. The van der Waals surface area contributed by atoms with Crippen molar-refractivity contribution in [3.05, 3.63) is 66.3 Å². The number of rotatable bonds is 6. The SMILES string of the molecule is CC(=O)c1cn(CC(=O)N2C[C@H](F)C[C@H]2C(=O)Nc2cncc(C(F)(F)F)n2)c2ccc(-c3cnc(C)nc3)cc12. The molecule has 5 rings (SSSR count). The summed E-state index contributed by atoms with van der Waals surface area (Å²) < 4.78 is 54.9. The van der Waals surface area contributed by atoms with Crippen molar-refractivity contribution in [2.45, 2.75) is 45.2 Å². The molecule has 3 aromatic heterocycles. The zero-order chi connectivity index (χ0) is 29.5. The second-order valence-corrected chi connectivity index (χ2v) is 9.65. The third-order valence-electron chi connectivity index (χ3n) is 6.73. The van der Waals surface area contributed by atoms with E-state index in [1.807, 2.05) is 0 Å². The van der Waals surface area contributed by atoms with Crippen LogP contribution in [0.25, 0.3) is 22.0 Å². The van der Waals surface area contributed by atoms with Crippen molar-refractivity contribution in [2.75, 3.05) is 11.9 Å². The minimum absolute atomic E-state index is 0.233. The molecule has 0 aliphatic carbocycles. The molecule has 0 bridgehead atoms. The first-order valence-corrected chi connectivity index (χ1v) is 12.5. The van der Waals surface area contributed by atoms with Crippen LogP contribution in [0.5, 0.6) is 0 Å². The van der Waals surface area contributed by atoms with Crippen molar-refractivity contribution in [2.24, 2.45) is 0 Å². The van der Waals surface area contributed by atoms with Crippen molar-refractivity contribution in [3.63, 3.8) is 0 Å². The second kappa shape index (κ2) is 10.7. The summed E-state index contributed by atoms with van der Waals surface area (Å²) in [4.78, 5) is 54.9. The highest BCUT2D eigenvalue weighted by Gasteiger charge is 2.40. The highest BCUT2D eigenvalue weighted by molar-refractivity contribution is 6.08. The minimum atomic E-state index is -4.78. The van der Waals surface area contributed by atoms with Gasteiger partial charge in [-0.15, -0.1) is 0 Å². The monoisotopic (exact) mass is 569 g/mol. The van der Waals surface area contributed by atoms with Gasteiger partial charge in [-0.25, -0.2) is 19.3 Å². The summed E-state index contributed by atoms with van der Waals surface area (Å²) in [6, 6.07) is 4.04. The standard InChI is InChI=1S/C27H23F4N7O3/c1-14(39)20-12-37(21-4-3-16(5-19(20)21)17-7-33-15(2)34-8-17)13-25(40)38-11-18(28)6-22(38)26(41)36-24-10-32-9-23(35-24)27(29,30)31/h3-5,7-10,12,18,22H,6,11,13H2,1-2H3,(H,35,36,41)/t18-,22+/m1/s1. The van der Waals surface area contributed by atoms with E-state index in [-0.39, 0.29) is 25.3 Å². The molecule has 1 fully saturated rings. The van der Waals surface area contributed by atoms with Crippen LogP contribution in [0.15, 0.2) is 49.2 Å². The Morgan fingerprint density at radius 3 is 2.49 bits per heavy atom. The summed E-state index contributed by atoms with van der Waals surface area (Å²) >= 11 is 0. The largest absolute Gasteiger partial charge is 0.434 e. The molecular weight excluding hydrogens is 546 g/mol. The lowest BCUT2D eigenvalue weighted by Gasteiger charge is -2.24. The molecule has 41 heavy (non-hydrogen) atoms. The van der Waals surface area contributed by atoms with E-state index in [4.69, 9.17) is 0 Å². The van der Waals surface area contributed by atoms with Gasteiger partial charge in [-0.2, -0.15) is 13.2 Å². The first kappa shape index (κ1) is 27.8. The number of amides is 2. The second-order valence-electron chi connectivity index (χ2n) is 9.65. The van der Waals surface area contributed by atoms with Crippen LogP contribution in [0.2, 0.25) is 0 Å². The molecule has 1 aliphatic rings. The van der Waals surface area contributed by atoms with Crippen molar-refractivity contribution in [1.82, 2.24) is 29.4 Å². The Labute approximate surface area is 230 Å².